The average molecular weight is 579 g/mol. The number of ether oxygens (including phenoxy) is 1. The maximum absolute atomic E-state index is 14.2. The summed E-state index contributed by atoms with van der Waals surface area (Å²) in [7, 11) is 1.63. The molecule has 3 unspecified atom stereocenters. The highest BCUT2D eigenvalue weighted by molar-refractivity contribution is 5.92. The number of nitrogens with zero attached hydrogens (tertiary/aromatic N) is 2. The summed E-state index contributed by atoms with van der Waals surface area (Å²) in [6.45, 7) is 3.05. The maximum atomic E-state index is 14.2. The number of amides is 3. The SMILES string of the molecule is CN1CC(c2ccc(F)c(F)c2)C2(CCCN(C(=O)C(COCc3ccc(F)c(F)c3)NC(=O)C(C)(C)N)C2)C1=O. The molecule has 12 heteroatoms. The first-order valence-corrected chi connectivity index (χ1v) is 13.3. The predicted octanol–water partition coefficient (Wildman–Crippen LogP) is 2.85. The van der Waals surface area contributed by atoms with Crippen LogP contribution in [0.25, 0.3) is 0 Å². The van der Waals surface area contributed by atoms with Gasteiger partial charge in [0.2, 0.25) is 17.7 Å². The third-order valence-electron chi connectivity index (χ3n) is 7.80. The highest BCUT2D eigenvalue weighted by Crippen LogP contribution is 2.49. The summed E-state index contributed by atoms with van der Waals surface area (Å²) < 4.78 is 60.3. The van der Waals surface area contributed by atoms with Gasteiger partial charge < -0.3 is 25.6 Å². The quantitative estimate of drug-likeness (QED) is 0.469. The second-order valence-electron chi connectivity index (χ2n) is 11.4. The second-order valence-corrected chi connectivity index (χ2v) is 11.4. The molecule has 2 aliphatic heterocycles. The van der Waals surface area contributed by atoms with Crippen molar-refractivity contribution in [2.75, 3.05) is 33.3 Å². The Kier molecular flexibility index (Phi) is 8.74. The van der Waals surface area contributed by atoms with Gasteiger partial charge in [-0.05, 0) is 62.1 Å². The smallest absolute Gasteiger partial charge is 0.247 e. The zero-order valence-electron chi connectivity index (χ0n) is 23.2. The van der Waals surface area contributed by atoms with Crippen molar-refractivity contribution in [3.05, 3.63) is 70.8 Å². The van der Waals surface area contributed by atoms with E-state index in [-0.39, 0.29) is 32.2 Å². The van der Waals surface area contributed by atoms with Crippen LogP contribution in [0.15, 0.2) is 36.4 Å². The minimum atomic E-state index is -1.32. The molecular formula is C29H34F4N4O4. The van der Waals surface area contributed by atoms with Crippen LogP contribution in [0.4, 0.5) is 17.6 Å². The van der Waals surface area contributed by atoms with E-state index in [0.29, 0.717) is 30.5 Å². The lowest BCUT2D eigenvalue weighted by atomic mass is 9.69. The van der Waals surface area contributed by atoms with Gasteiger partial charge in [0.1, 0.15) is 6.04 Å². The molecule has 0 bridgehead atoms. The molecule has 4 rings (SSSR count). The number of benzene rings is 2. The number of nitrogens with one attached hydrogen (secondary N) is 1. The topological polar surface area (TPSA) is 105 Å². The monoisotopic (exact) mass is 578 g/mol. The molecule has 0 aliphatic carbocycles. The summed E-state index contributed by atoms with van der Waals surface area (Å²) in [5.74, 6) is -5.90. The number of carbonyl (C=O) groups excluding carboxylic acids is 3. The van der Waals surface area contributed by atoms with Gasteiger partial charge in [-0.1, -0.05) is 12.1 Å². The van der Waals surface area contributed by atoms with E-state index < -0.39 is 58.0 Å². The average Bonchev–Trinajstić information content (AvgIpc) is 3.15. The number of piperidine rings is 1. The number of nitrogens with two attached hydrogens (primary N) is 1. The minimum Gasteiger partial charge on any atom is -0.374 e. The normalized spacial score (nSPS) is 21.9. The fourth-order valence-corrected chi connectivity index (χ4v) is 5.61. The van der Waals surface area contributed by atoms with Gasteiger partial charge in [-0.15, -0.1) is 0 Å². The van der Waals surface area contributed by atoms with Crippen molar-refractivity contribution in [3.63, 3.8) is 0 Å². The third kappa shape index (κ3) is 6.38. The van der Waals surface area contributed by atoms with Crippen molar-refractivity contribution in [3.8, 4) is 0 Å². The van der Waals surface area contributed by atoms with Gasteiger partial charge in [0.15, 0.2) is 23.3 Å². The van der Waals surface area contributed by atoms with Gasteiger partial charge >= 0.3 is 0 Å². The Hall–Kier alpha value is -3.51. The van der Waals surface area contributed by atoms with Crippen LogP contribution in [-0.4, -0.2) is 72.4 Å². The van der Waals surface area contributed by atoms with Crippen molar-refractivity contribution in [1.29, 1.82) is 0 Å². The van der Waals surface area contributed by atoms with Crippen molar-refractivity contribution in [1.82, 2.24) is 15.1 Å². The minimum absolute atomic E-state index is 0.000229. The first kappa shape index (κ1) is 30.4. The molecule has 3 N–H and O–H groups in total. The lowest BCUT2D eigenvalue weighted by molar-refractivity contribution is -0.147. The van der Waals surface area contributed by atoms with Gasteiger partial charge in [-0.2, -0.15) is 0 Å². The molecule has 3 atom stereocenters. The van der Waals surface area contributed by atoms with Crippen molar-refractivity contribution in [2.45, 2.75) is 50.8 Å². The summed E-state index contributed by atoms with van der Waals surface area (Å²) in [6.07, 6.45) is 0.896. The summed E-state index contributed by atoms with van der Waals surface area (Å²) >= 11 is 0. The zero-order valence-corrected chi connectivity index (χ0v) is 23.2. The predicted molar refractivity (Wildman–Crippen MR) is 141 cm³/mol. The number of rotatable bonds is 8. The number of carbonyl (C=O) groups is 3. The third-order valence-corrected chi connectivity index (χ3v) is 7.80. The van der Waals surface area contributed by atoms with Crippen LogP contribution in [0.3, 0.4) is 0 Å². The first-order chi connectivity index (χ1) is 19.2. The Morgan fingerprint density at radius 2 is 1.76 bits per heavy atom. The number of likely N-dealkylation sites (tertiary alicyclic amines) is 2. The van der Waals surface area contributed by atoms with Crippen LogP contribution >= 0.6 is 0 Å². The molecular weight excluding hydrogens is 544 g/mol. The van der Waals surface area contributed by atoms with E-state index in [1.54, 1.807) is 7.05 Å². The van der Waals surface area contributed by atoms with Crippen molar-refractivity contribution >= 4 is 17.7 Å². The summed E-state index contributed by atoms with van der Waals surface area (Å²) in [6, 6.07) is 5.65. The molecule has 0 radical (unpaired) electrons. The van der Waals surface area contributed by atoms with Crippen LogP contribution in [0.2, 0.25) is 0 Å². The second kappa shape index (κ2) is 11.8. The van der Waals surface area contributed by atoms with Gasteiger partial charge in [0, 0.05) is 32.6 Å². The highest BCUT2D eigenvalue weighted by atomic mass is 19.2. The van der Waals surface area contributed by atoms with Crippen LogP contribution in [0.5, 0.6) is 0 Å². The number of hydrogen-bond donors (Lipinski definition) is 2. The van der Waals surface area contributed by atoms with E-state index in [2.05, 4.69) is 5.32 Å². The molecule has 0 saturated carbocycles. The molecule has 41 heavy (non-hydrogen) atoms. The molecule has 8 nitrogen and oxygen atoms in total. The van der Waals surface area contributed by atoms with Crippen LogP contribution in [0.1, 0.15) is 43.7 Å². The van der Waals surface area contributed by atoms with Gasteiger partial charge in [-0.25, -0.2) is 17.6 Å². The van der Waals surface area contributed by atoms with Crippen LogP contribution < -0.4 is 11.1 Å². The van der Waals surface area contributed by atoms with Crippen LogP contribution in [-0.2, 0) is 25.7 Å². The Morgan fingerprint density at radius 3 is 2.39 bits per heavy atom. The van der Waals surface area contributed by atoms with E-state index in [0.717, 1.165) is 24.3 Å². The summed E-state index contributed by atoms with van der Waals surface area (Å²) in [5.41, 5.74) is 4.33. The molecule has 2 aromatic carbocycles. The largest absolute Gasteiger partial charge is 0.374 e. The molecule has 2 heterocycles. The Labute approximate surface area is 235 Å². The highest BCUT2D eigenvalue weighted by Gasteiger charge is 2.56. The van der Waals surface area contributed by atoms with Gasteiger partial charge in [-0.3, -0.25) is 14.4 Å². The molecule has 1 spiro atoms. The Bertz CT molecular complexity index is 1330. The Morgan fingerprint density at radius 1 is 1.10 bits per heavy atom. The first-order valence-electron chi connectivity index (χ1n) is 13.3. The fraction of sp³-hybridized carbons (Fsp3) is 0.483. The fourth-order valence-electron chi connectivity index (χ4n) is 5.61. The van der Waals surface area contributed by atoms with Gasteiger partial charge in [0.05, 0.1) is 24.2 Å². The molecule has 0 aromatic heterocycles. The van der Waals surface area contributed by atoms with E-state index in [1.165, 1.54) is 35.8 Å². The molecule has 2 aromatic rings. The Balaban J connectivity index is 1.56. The standard InChI is InChI=1S/C29H34F4N4O4/c1-28(2,34)26(39)35-24(15-41-14-17-5-7-20(30)22(32)11-17)25(38)37-10-4-9-29(16-37)19(13-36(3)27(29)40)18-6-8-21(31)23(33)12-18/h5-8,11-12,19,24H,4,9-10,13-16,34H2,1-3H3,(H,35,39). The summed E-state index contributed by atoms with van der Waals surface area (Å²) in [4.78, 5) is 43.1. The van der Waals surface area contributed by atoms with Crippen LogP contribution in [0, 0.1) is 28.7 Å². The zero-order chi connectivity index (χ0) is 30.1. The molecule has 2 fully saturated rings. The van der Waals surface area contributed by atoms with Crippen molar-refractivity contribution in [2.24, 2.45) is 11.1 Å². The number of halogens is 4. The molecule has 2 saturated heterocycles. The van der Waals surface area contributed by atoms with E-state index in [1.807, 2.05) is 0 Å². The number of likely N-dealkylation sites (N-methyl/N-ethyl adjacent to an activating group) is 1. The maximum Gasteiger partial charge on any atom is 0.247 e. The number of hydrogen-bond acceptors (Lipinski definition) is 5. The molecule has 2 aliphatic rings. The van der Waals surface area contributed by atoms with E-state index >= 15 is 0 Å². The van der Waals surface area contributed by atoms with E-state index in [4.69, 9.17) is 10.5 Å². The summed E-state index contributed by atoms with van der Waals surface area (Å²) in [5, 5.41) is 2.62. The van der Waals surface area contributed by atoms with Gasteiger partial charge in [0.25, 0.3) is 0 Å². The lowest BCUT2D eigenvalue weighted by Gasteiger charge is -2.43. The lowest BCUT2D eigenvalue weighted by Crippen LogP contribution is -2.60. The van der Waals surface area contributed by atoms with E-state index in [9.17, 15) is 31.9 Å². The molecule has 3 amide bonds. The molecule has 222 valence electrons. The van der Waals surface area contributed by atoms with Crippen molar-refractivity contribution < 1.29 is 36.7 Å².